The molecule has 0 aliphatic carbocycles. The van der Waals surface area contributed by atoms with E-state index in [9.17, 15) is 9.59 Å². The van der Waals surface area contributed by atoms with Gasteiger partial charge in [-0.15, -0.1) is 0 Å². The lowest BCUT2D eigenvalue weighted by Crippen LogP contribution is -2.01. The molecule has 0 heterocycles. The molecule has 0 amide bonds. The molecule has 0 saturated heterocycles. The highest BCUT2D eigenvalue weighted by atomic mass is 16.4. The van der Waals surface area contributed by atoms with Crippen molar-refractivity contribution in [2.24, 2.45) is 0 Å². The molecule has 0 unspecified atom stereocenters. The molecular weight excluding hydrogens is 284 g/mol. The Hall–Kier alpha value is -3.64. The predicted octanol–water partition coefficient (Wildman–Crippen LogP) is 2.49. The van der Waals surface area contributed by atoms with Gasteiger partial charge in [0, 0.05) is 0 Å². The molecule has 0 aliphatic heterocycles. The molecule has 106 valence electrons. The van der Waals surface area contributed by atoms with Crippen molar-refractivity contribution in [1.82, 2.24) is 0 Å². The first-order valence-electron chi connectivity index (χ1n) is 6.03. The third-order valence-corrected chi connectivity index (χ3v) is 3.07. The van der Waals surface area contributed by atoms with Gasteiger partial charge in [0.25, 0.3) is 0 Å². The molecule has 0 fully saturated rings. The van der Waals surface area contributed by atoms with E-state index in [1.807, 2.05) is 0 Å². The topological polar surface area (TPSA) is 122 Å². The molecule has 2 N–H and O–H groups in total. The number of aromatic carboxylic acids is 2. The zero-order chi connectivity index (χ0) is 16.3. The largest absolute Gasteiger partial charge is 0.478 e. The van der Waals surface area contributed by atoms with Crippen LogP contribution in [0.4, 0.5) is 0 Å². The average molecular weight is 292 g/mol. The fraction of sp³-hybridized carbons (Fsp3) is 0. The van der Waals surface area contributed by atoms with E-state index in [4.69, 9.17) is 20.7 Å². The minimum Gasteiger partial charge on any atom is -0.478 e. The molecule has 6 nitrogen and oxygen atoms in total. The van der Waals surface area contributed by atoms with Crippen molar-refractivity contribution in [2.75, 3.05) is 0 Å². The number of carboxylic acids is 2. The number of benzene rings is 2. The van der Waals surface area contributed by atoms with E-state index in [1.165, 1.54) is 36.4 Å². The van der Waals surface area contributed by atoms with Crippen LogP contribution < -0.4 is 0 Å². The number of hydrogen-bond acceptors (Lipinski definition) is 4. The summed E-state index contributed by atoms with van der Waals surface area (Å²) in [6.07, 6.45) is 0. The van der Waals surface area contributed by atoms with Crippen molar-refractivity contribution in [3.05, 3.63) is 58.7 Å². The molecule has 22 heavy (non-hydrogen) atoms. The number of carbonyl (C=O) groups is 2. The number of nitrogens with zero attached hydrogens (tertiary/aromatic N) is 2. The van der Waals surface area contributed by atoms with Crippen LogP contribution in [0.2, 0.25) is 0 Å². The van der Waals surface area contributed by atoms with Crippen LogP contribution in [0.5, 0.6) is 0 Å². The van der Waals surface area contributed by atoms with Gasteiger partial charge in [0.1, 0.15) is 12.1 Å². The third-order valence-electron chi connectivity index (χ3n) is 3.07. The maximum Gasteiger partial charge on any atom is 0.337 e. The summed E-state index contributed by atoms with van der Waals surface area (Å²) in [5.74, 6) is -2.41. The normalized spacial score (nSPS) is 9.55. The van der Waals surface area contributed by atoms with Gasteiger partial charge in [0.2, 0.25) is 0 Å². The van der Waals surface area contributed by atoms with Crippen LogP contribution in [0, 0.1) is 22.7 Å². The molecule has 0 saturated carbocycles. The van der Waals surface area contributed by atoms with E-state index >= 15 is 0 Å². The van der Waals surface area contributed by atoms with Gasteiger partial charge in [-0.2, -0.15) is 10.5 Å². The summed E-state index contributed by atoms with van der Waals surface area (Å²) in [5, 5.41) is 36.0. The molecule has 6 heteroatoms. The van der Waals surface area contributed by atoms with Gasteiger partial charge < -0.3 is 10.2 Å². The highest BCUT2D eigenvalue weighted by Gasteiger charge is 2.14. The van der Waals surface area contributed by atoms with Crippen LogP contribution in [0.1, 0.15) is 31.8 Å². The van der Waals surface area contributed by atoms with Gasteiger partial charge in [-0.3, -0.25) is 0 Å². The second-order valence-electron chi connectivity index (χ2n) is 4.35. The van der Waals surface area contributed by atoms with Gasteiger partial charge >= 0.3 is 11.9 Å². The zero-order valence-electron chi connectivity index (χ0n) is 11.1. The van der Waals surface area contributed by atoms with Crippen molar-refractivity contribution in [3.63, 3.8) is 0 Å². The van der Waals surface area contributed by atoms with E-state index < -0.39 is 11.9 Å². The summed E-state index contributed by atoms with van der Waals surface area (Å²) >= 11 is 0. The third kappa shape index (κ3) is 2.62. The predicted molar refractivity (Wildman–Crippen MR) is 75.2 cm³/mol. The Morgan fingerprint density at radius 1 is 0.773 bits per heavy atom. The Bertz CT molecular complexity index is 799. The lowest BCUT2D eigenvalue weighted by molar-refractivity contribution is 0.0685. The second-order valence-corrected chi connectivity index (χ2v) is 4.35. The molecule has 0 aliphatic rings. The second kappa shape index (κ2) is 5.78. The molecule has 0 radical (unpaired) electrons. The van der Waals surface area contributed by atoms with Gasteiger partial charge in [-0.05, 0) is 35.4 Å². The van der Waals surface area contributed by atoms with Crippen molar-refractivity contribution in [1.29, 1.82) is 10.5 Å². The van der Waals surface area contributed by atoms with Crippen LogP contribution in [-0.2, 0) is 0 Å². The first kappa shape index (κ1) is 14.8. The van der Waals surface area contributed by atoms with Crippen LogP contribution in [0.15, 0.2) is 36.4 Å². The Morgan fingerprint density at radius 2 is 1.14 bits per heavy atom. The first-order valence-corrected chi connectivity index (χ1v) is 6.03. The van der Waals surface area contributed by atoms with E-state index in [1.54, 1.807) is 12.1 Å². The maximum atomic E-state index is 11.0. The van der Waals surface area contributed by atoms with Crippen molar-refractivity contribution >= 4 is 11.9 Å². The minimum absolute atomic E-state index is 0.00850. The van der Waals surface area contributed by atoms with E-state index in [-0.39, 0.29) is 22.3 Å². The van der Waals surface area contributed by atoms with E-state index in [2.05, 4.69) is 0 Å². The maximum absolute atomic E-state index is 11.0. The minimum atomic E-state index is -1.21. The SMILES string of the molecule is N#Cc1cc(-c2ccc(C(=O)O)c(C#N)c2)ccc1C(=O)O. The smallest absolute Gasteiger partial charge is 0.337 e. The first-order chi connectivity index (χ1) is 10.5. The van der Waals surface area contributed by atoms with Gasteiger partial charge in [0.05, 0.1) is 22.3 Å². The van der Waals surface area contributed by atoms with Gasteiger partial charge in [-0.25, -0.2) is 9.59 Å². The fourth-order valence-corrected chi connectivity index (χ4v) is 2.01. The molecular formula is C16H8N2O4. The summed E-state index contributed by atoms with van der Waals surface area (Å²) in [6, 6.07) is 12.0. The van der Waals surface area contributed by atoms with Crippen LogP contribution >= 0.6 is 0 Å². The Kier molecular flexibility index (Phi) is 3.88. The Labute approximate surface area is 125 Å². The molecule has 0 bridgehead atoms. The summed E-state index contributed by atoms with van der Waals surface area (Å²) in [5.41, 5.74) is 0.796. The monoisotopic (exact) mass is 292 g/mol. The van der Waals surface area contributed by atoms with Crippen molar-refractivity contribution in [2.45, 2.75) is 0 Å². The average Bonchev–Trinajstić information content (AvgIpc) is 2.53. The summed E-state index contributed by atoms with van der Waals surface area (Å²) in [4.78, 5) is 22.0. The van der Waals surface area contributed by atoms with E-state index in [0.29, 0.717) is 11.1 Å². The van der Waals surface area contributed by atoms with E-state index in [0.717, 1.165) is 0 Å². The summed E-state index contributed by atoms with van der Waals surface area (Å²) in [6.45, 7) is 0. The lowest BCUT2D eigenvalue weighted by atomic mass is 9.96. The molecule has 0 aromatic heterocycles. The summed E-state index contributed by atoms with van der Waals surface area (Å²) in [7, 11) is 0. The Balaban J connectivity index is 2.59. The van der Waals surface area contributed by atoms with Crippen LogP contribution in [0.3, 0.4) is 0 Å². The number of hydrogen-bond donors (Lipinski definition) is 2. The number of nitriles is 2. The summed E-state index contributed by atoms with van der Waals surface area (Å²) < 4.78 is 0. The van der Waals surface area contributed by atoms with Gasteiger partial charge in [0.15, 0.2) is 0 Å². The molecule has 0 spiro atoms. The van der Waals surface area contributed by atoms with Crippen LogP contribution in [-0.4, -0.2) is 22.2 Å². The number of rotatable bonds is 3. The Morgan fingerprint density at radius 3 is 1.41 bits per heavy atom. The van der Waals surface area contributed by atoms with Crippen molar-refractivity contribution < 1.29 is 19.8 Å². The highest BCUT2D eigenvalue weighted by Crippen LogP contribution is 2.25. The molecule has 2 aromatic carbocycles. The lowest BCUT2D eigenvalue weighted by Gasteiger charge is -2.06. The van der Waals surface area contributed by atoms with Crippen LogP contribution in [0.25, 0.3) is 11.1 Å². The molecule has 2 aromatic rings. The standard InChI is InChI=1S/C16H8N2O4/c17-7-11-5-9(1-3-13(11)15(19)20)10-2-4-14(16(21)22)12(6-10)8-18/h1-6H,(H,19,20)(H,21,22). The van der Waals surface area contributed by atoms with Gasteiger partial charge in [-0.1, -0.05) is 12.1 Å². The zero-order valence-corrected chi connectivity index (χ0v) is 11.1. The van der Waals surface area contributed by atoms with Crippen molar-refractivity contribution in [3.8, 4) is 23.3 Å². The fourth-order valence-electron chi connectivity index (χ4n) is 2.01. The molecule has 2 rings (SSSR count). The quantitative estimate of drug-likeness (QED) is 0.896. The number of carboxylic acid groups (broad SMARTS) is 2. The molecule has 0 atom stereocenters. The highest BCUT2D eigenvalue weighted by molar-refractivity contribution is 5.93.